The van der Waals surface area contributed by atoms with Crippen molar-refractivity contribution < 1.29 is 28.6 Å². The van der Waals surface area contributed by atoms with Gasteiger partial charge in [-0.3, -0.25) is 14.4 Å². The number of rotatable bonds is 8. The summed E-state index contributed by atoms with van der Waals surface area (Å²) in [4.78, 5) is 37.4. The maximum atomic E-state index is 12.8. The molecule has 43 heavy (non-hydrogen) atoms. The Hall–Kier alpha value is -1.63. The second-order valence-electron chi connectivity index (χ2n) is 17.2. The molecule has 0 spiro atoms. The lowest BCUT2D eigenvalue weighted by molar-refractivity contribution is -0.167. The van der Waals surface area contributed by atoms with Crippen molar-refractivity contribution in [2.45, 2.75) is 163 Å². The first kappa shape index (κ1) is 34.2. The summed E-state index contributed by atoms with van der Waals surface area (Å²) >= 11 is 0. The molecule has 246 valence electrons. The zero-order chi connectivity index (χ0) is 32.0. The minimum atomic E-state index is -0.989. The van der Waals surface area contributed by atoms with Crippen molar-refractivity contribution >= 4 is 17.9 Å². The zero-order valence-corrected chi connectivity index (χ0v) is 28.6. The van der Waals surface area contributed by atoms with E-state index in [1.165, 1.54) is 38.5 Å². The van der Waals surface area contributed by atoms with Gasteiger partial charge in [-0.2, -0.15) is 0 Å². The minimum absolute atomic E-state index is 0.0692. The number of hydrogen-bond donors (Lipinski definition) is 1. The lowest BCUT2D eigenvalue weighted by Gasteiger charge is -2.61. The number of esters is 3. The fourth-order valence-corrected chi connectivity index (χ4v) is 10.1. The van der Waals surface area contributed by atoms with Crippen molar-refractivity contribution in [2.24, 2.45) is 52.1 Å². The molecule has 0 heterocycles. The summed E-state index contributed by atoms with van der Waals surface area (Å²) in [6, 6.07) is -0.989. The summed E-state index contributed by atoms with van der Waals surface area (Å²) in [5.74, 6) is 2.98. The molecule has 7 nitrogen and oxygen atoms in total. The predicted molar refractivity (Wildman–Crippen MR) is 168 cm³/mol. The molecule has 10 atom stereocenters. The molecule has 4 saturated carbocycles. The van der Waals surface area contributed by atoms with Crippen LogP contribution in [0.5, 0.6) is 0 Å². The molecule has 4 rings (SSSR count). The van der Waals surface area contributed by atoms with E-state index in [9.17, 15) is 14.4 Å². The van der Waals surface area contributed by atoms with Gasteiger partial charge in [0.05, 0.1) is 6.42 Å². The van der Waals surface area contributed by atoms with Gasteiger partial charge in [0.25, 0.3) is 0 Å². The molecule has 2 N–H and O–H groups in total. The number of fused-ring (bicyclic) bond motifs is 5. The summed E-state index contributed by atoms with van der Waals surface area (Å²) in [5.41, 5.74) is 5.66. The topological polar surface area (TPSA) is 105 Å². The van der Waals surface area contributed by atoms with Crippen molar-refractivity contribution in [3.8, 4) is 0 Å². The molecule has 0 bridgehead atoms. The highest BCUT2D eigenvalue weighted by Gasteiger charge is 2.60. The van der Waals surface area contributed by atoms with Gasteiger partial charge in [-0.1, -0.05) is 20.8 Å². The van der Waals surface area contributed by atoms with Gasteiger partial charge in [0.15, 0.2) is 0 Å². The number of hydrogen-bond acceptors (Lipinski definition) is 7. The van der Waals surface area contributed by atoms with Crippen LogP contribution in [0.2, 0.25) is 0 Å². The van der Waals surface area contributed by atoms with Crippen LogP contribution < -0.4 is 5.73 Å². The van der Waals surface area contributed by atoms with Gasteiger partial charge in [-0.25, -0.2) is 0 Å². The van der Waals surface area contributed by atoms with Crippen molar-refractivity contribution in [1.29, 1.82) is 0 Å². The van der Waals surface area contributed by atoms with Gasteiger partial charge in [-0.15, -0.1) is 0 Å². The van der Waals surface area contributed by atoms with E-state index in [4.69, 9.17) is 19.9 Å². The molecule has 7 heteroatoms. The molecule has 0 aliphatic heterocycles. The monoisotopic (exact) mass is 603 g/mol. The average molecular weight is 604 g/mol. The van der Waals surface area contributed by atoms with Crippen LogP contribution in [-0.4, -0.2) is 41.3 Å². The lowest BCUT2D eigenvalue weighted by atomic mass is 9.44. The Balaban J connectivity index is 1.32. The second kappa shape index (κ2) is 12.6. The lowest BCUT2D eigenvalue weighted by Crippen LogP contribution is -2.54. The molecule has 4 aliphatic carbocycles. The van der Waals surface area contributed by atoms with E-state index in [2.05, 4.69) is 20.8 Å². The zero-order valence-electron chi connectivity index (χ0n) is 28.6. The van der Waals surface area contributed by atoms with Crippen molar-refractivity contribution in [3.63, 3.8) is 0 Å². The third-order valence-corrected chi connectivity index (χ3v) is 12.0. The Kier molecular flexibility index (Phi) is 10.1. The van der Waals surface area contributed by atoms with E-state index in [-0.39, 0.29) is 23.9 Å². The molecular weight excluding hydrogens is 542 g/mol. The van der Waals surface area contributed by atoms with E-state index < -0.39 is 29.2 Å². The Morgan fingerprint density at radius 1 is 0.814 bits per heavy atom. The summed E-state index contributed by atoms with van der Waals surface area (Å²) in [7, 11) is 0. The van der Waals surface area contributed by atoms with Gasteiger partial charge >= 0.3 is 17.9 Å². The standard InChI is InChI=1S/C36H61NO6/c1-22(10-15-30(38)42-33(2,3)4)26-13-14-27-25-12-11-23-20-24(16-18-35(23,8)28(25)17-19-36(26,27)9)41-32(40)29(37)21-31(39)43-34(5,6)7/h22-29H,10-21,37H2,1-9H3/t22-,23-,24+,25+,26?,27+,28+,29?,35+,36-/m1/s1. The molecule has 4 fully saturated rings. The Labute approximate surface area is 261 Å². The van der Waals surface area contributed by atoms with Crippen LogP contribution in [0, 0.1) is 46.3 Å². The van der Waals surface area contributed by atoms with Gasteiger partial charge < -0.3 is 19.9 Å². The van der Waals surface area contributed by atoms with Crippen LogP contribution in [0.4, 0.5) is 0 Å². The van der Waals surface area contributed by atoms with Crippen LogP contribution in [-0.2, 0) is 28.6 Å². The van der Waals surface area contributed by atoms with Gasteiger partial charge in [0.1, 0.15) is 23.3 Å². The largest absolute Gasteiger partial charge is 0.461 e. The normalized spacial score (nSPS) is 37.3. The van der Waals surface area contributed by atoms with Gasteiger partial charge in [-0.05, 0) is 152 Å². The maximum Gasteiger partial charge on any atom is 0.323 e. The van der Waals surface area contributed by atoms with Crippen LogP contribution in [0.25, 0.3) is 0 Å². The van der Waals surface area contributed by atoms with Crippen LogP contribution in [0.15, 0.2) is 0 Å². The van der Waals surface area contributed by atoms with E-state index in [1.54, 1.807) is 20.8 Å². The van der Waals surface area contributed by atoms with Gasteiger partial charge in [0.2, 0.25) is 0 Å². The molecular formula is C36H61NO6. The summed E-state index contributed by atoms with van der Waals surface area (Å²) < 4.78 is 16.8. The first-order valence-corrected chi connectivity index (χ1v) is 17.2. The molecule has 2 unspecified atom stereocenters. The fraction of sp³-hybridized carbons (Fsp3) is 0.917. The highest BCUT2D eigenvalue weighted by Crippen LogP contribution is 2.68. The van der Waals surface area contributed by atoms with Crippen LogP contribution in [0.1, 0.15) is 139 Å². The molecule has 0 radical (unpaired) electrons. The average Bonchev–Trinajstić information content (AvgIpc) is 3.22. The predicted octanol–water partition coefficient (Wildman–Crippen LogP) is 7.37. The maximum absolute atomic E-state index is 12.8. The van der Waals surface area contributed by atoms with E-state index in [0.717, 1.165) is 43.4 Å². The first-order chi connectivity index (χ1) is 19.8. The quantitative estimate of drug-likeness (QED) is 0.228. The number of carbonyl (C=O) groups excluding carboxylic acids is 3. The number of nitrogens with two attached hydrogens (primary N) is 1. The van der Waals surface area contributed by atoms with E-state index in [1.807, 2.05) is 20.8 Å². The highest BCUT2D eigenvalue weighted by molar-refractivity contribution is 5.82. The molecule has 0 aromatic heterocycles. The highest BCUT2D eigenvalue weighted by atomic mass is 16.6. The minimum Gasteiger partial charge on any atom is -0.461 e. The number of carbonyl (C=O) groups is 3. The van der Waals surface area contributed by atoms with E-state index >= 15 is 0 Å². The molecule has 0 aromatic carbocycles. The third-order valence-electron chi connectivity index (χ3n) is 12.0. The second-order valence-corrected chi connectivity index (χ2v) is 17.2. The molecule has 4 aliphatic rings. The van der Waals surface area contributed by atoms with Crippen LogP contribution in [0.3, 0.4) is 0 Å². The molecule has 0 amide bonds. The third kappa shape index (κ3) is 7.79. The smallest absolute Gasteiger partial charge is 0.323 e. The molecule has 0 aromatic rings. The van der Waals surface area contributed by atoms with Crippen LogP contribution >= 0.6 is 0 Å². The summed E-state index contributed by atoms with van der Waals surface area (Å²) in [5, 5.41) is 0. The Morgan fingerprint density at radius 3 is 2.07 bits per heavy atom. The Bertz CT molecular complexity index is 1030. The first-order valence-electron chi connectivity index (χ1n) is 17.2. The van der Waals surface area contributed by atoms with Crippen molar-refractivity contribution in [2.75, 3.05) is 0 Å². The van der Waals surface area contributed by atoms with Crippen molar-refractivity contribution in [1.82, 2.24) is 0 Å². The van der Waals surface area contributed by atoms with Crippen molar-refractivity contribution in [3.05, 3.63) is 0 Å². The SMILES string of the molecule is C[C@H](CCC(=O)OC(C)(C)C)C1CC[C@H]2[C@@H]3CC[C@@H]4C[C@@H](OC(=O)C(N)CC(=O)OC(C)(C)C)CC[C@]4(C)[C@H]3CC[C@]12C. The Morgan fingerprint density at radius 2 is 1.42 bits per heavy atom. The fourth-order valence-electron chi connectivity index (χ4n) is 10.1. The summed E-state index contributed by atoms with van der Waals surface area (Å²) in [6.45, 7) is 18.7. The summed E-state index contributed by atoms with van der Waals surface area (Å²) in [6.07, 6.45) is 11.6. The molecule has 0 saturated heterocycles. The number of ether oxygens (including phenoxy) is 3. The van der Waals surface area contributed by atoms with E-state index in [0.29, 0.717) is 29.6 Å². The van der Waals surface area contributed by atoms with Gasteiger partial charge in [0, 0.05) is 6.42 Å².